The first-order valence-electron chi connectivity index (χ1n) is 6.65. The summed E-state index contributed by atoms with van der Waals surface area (Å²) in [5.41, 5.74) is 0.461. The maximum absolute atomic E-state index is 12.1. The van der Waals surface area contributed by atoms with Gasteiger partial charge in [-0.25, -0.2) is 9.69 Å². The molecule has 0 N–H and O–H groups in total. The van der Waals surface area contributed by atoms with Crippen molar-refractivity contribution in [1.82, 2.24) is 4.90 Å². The summed E-state index contributed by atoms with van der Waals surface area (Å²) < 4.78 is 5.29. The van der Waals surface area contributed by atoms with Gasteiger partial charge in [0.1, 0.15) is 5.60 Å². The second kappa shape index (κ2) is 5.49. The van der Waals surface area contributed by atoms with Crippen LogP contribution in [0.2, 0.25) is 0 Å². The predicted molar refractivity (Wildman–Crippen MR) is 76.2 cm³/mol. The largest absolute Gasteiger partial charge is 0.443 e. The number of hydrogen-bond acceptors (Lipinski definition) is 3. The molecule has 0 radical (unpaired) electrons. The van der Waals surface area contributed by atoms with Crippen LogP contribution in [0.3, 0.4) is 0 Å². The number of amides is 2. The number of rotatable bonds is 2. The Kier molecular flexibility index (Phi) is 3.93. The van der Waals surface area contributed by atoms with E-state index >= 15 is 0 Å². The van der Waals surface area contributed by atoms with Crippen molar-refractivity contribution in [3.63, 3.8) is 0 Å². The van der Waals surface area contributed by atoms with E-state index in [1.807, 2.05) is 30.3 Å². The Morgan fingerprint density at radius 3 is 2.50 bits per heavy atom. The number of nitrogens with zero attached hydrogens (tertiary/aromatic N) is 1. The third-order valence-electron chi connectivity index (χ3n) is 2.91. The first-order chi connectivity index (χ1) is 9.37. The van der Waals surface area contributed by atoms with Gasteiger partial charge in [0.2, 0.25) is 0 Å². The maximum atomic E-state index is 12.1. The quantitative estimate of drug-likeness (QED) is 0.832. The molecule has 2 rings (SSSR count). The van der Waals surface area contributed by atoms with Gasteiger partial charge >= 0.3 is 6.09 Å². The zero-order valence-electron chi connectivity index (χ0n) is 12.0. The van der Waals surface area contributed by atoms with Crippen molar-refractivity contribution in [2.75, 3.05) is 0 Å². The van der Waals surface area contributed by atoms with Gasteiger partial charge in [-0.3, -0.25) is 4.79 Å². The number of hydrogen-bond donors (Lipinski definition) is 0. The van der Waals surface area contributed by atoms with E-state index in [1.54, 1.807) is 26.8 Å². The van der Waals surface area contributed by atoms with E-state index in [0.29, 0.717) is 6.42 Å². The minimum Gasteiger partial charge on any atom is -0.443 e. The van der Waals surface area contributed by atoms with Crippen LogP contribution < -0.4 is 0 Å². The maximum Gasteiger partial charge on any atom is 0.417 e. The fraction of sp³-hybridized carbons (Fsp3) is 0.375. The summed E-state index contributed by atoms with van der Waals surface area (Å²) in [4.78, 5) is 25.1. The van der Waals surface area contributed by atoms with Crippen molar-refractivity contribution >= 4 is 12.0 Å². The summed E-state index contributed by atoms with van der Waals surface area (Å²) >= 11 is 0. The van der Waals surface area contributed by atoms with Crippen molar-refractivity contribution in [2.45, 2.75) is 38.8 Å². The minimum absolute atomic E-state index is 0.278. The number of carbonyl (C=O) groups excluding carboxylic acids is 2. The molecule has 0 unspecified atom stereocenters. The molecular formula is C16H19NO3. The average molecular weight is 273 g/mol. The normalized spacial score (nSPS) is 18.4. The zero-order chi connectivity index (χ0) is 14.8. The van der Waals surface area contributed by atoms with Crippen LogP contribution in [0.25, 0.3) is 0 Å². The Labute approximate surface area is 119 Å². The van der Waals surface area contributed by atoms with E-state index < -0.39 is 11.7 Å². The zero-order valence-corrected chi connectivity index (χ0v) is 12.0. The van der Waals surface area contributed by atoms with Crippen molar-refractivity contribution in [3.8, 4) is 0 Å². The minimum atomic E-state index is -0.614. The third kappa shape index (κ3) is 3.47. The average Bonchev–Trinajstić information content (AvgIpc) is 2.69. The topological polar surface area (TPSA) is 46.6 Å². The van der Waals surface area contributed by atoms with Crippen LogP contribution in [0.1, 0.15) is 26.3 Å². The lowest BCUT2D eigenvalue weighted by atomic mass is 10.1. The highest BCUT2D eigenvalue weighted by Gasteiger charge is 2.34. The van der Waals surface area contributed by atoms with E-state index in [4.69, 9.17) is 4.74 Å². The molecule has 0 aromatic heterocycles. The van der Waals surface area contributed by atoms with Gasteiger partial charge in [0.05, 0.1) is 6.04 Å². The van der Waals surface area contributed by atoms with E-state index in [0.717, 1.165) is 5.56 Å². The van der Waals surface area contributed by atoms with E-state index in [1.165, 1.54) is 11.0 Å². The molecule has 1 aromatic rings. The molecule has 0 spiro atoms. The van der Waals surface area contributed by atoms with Crippen molar-refractivity contribution in [3.05, 3.63) is 48.0 Å². The van der Waals surface area contributed by atoms with Gasteiger partial charge in [0.25, 0.3) is 5.91 Å². The highest BCUT2D eigenvalue weighted by atomic mass is 16.6. The molecule has 106 valence electrons. The molecule has 20 heavy (non-hydrogen) atoms. The van der Waals surface area contributed by atoms with Crippen molar-refractivity contribution in [1.29, 1.82) is 0 Å². The Morgan fingerprint density at radius 2 is 1.90 bits per heavy atom. The van der Waals surface area contributed by atoms with Gasteiger partial charge in [-0.15, -0.1) is 0 Å². The second-order valence-electron chi connectivity index (χ2n) is 5.80. The molecule has 0 saturated heterocycles. The van der Waals surface area contributed by atoms with Gasteiger partial charge < -0.3 is 4.74 Å². The van der Waals surface area contributed by atoms with Crippen LogP contribution in [0.15, 0.2) is 42.5 Å². The fourth-order valence-corrected chi connectivity index (χ4v) is 2.07. The van der Waals surface area contributed by atoms with E-state index in [2.05, 4.69) is 0 Å². The van der Waals surface area contributed by atoms with Gasteiger partial charge in [0.15, 0.2) is 0 Å². The molecule has 1 heterocycles. The number of ether oxygens (including phenoxy) is 1. The number of carbonyl (C=O) groups is 2. The standard InChI is InChI=1S/C16H19NO3/c1-16(2,3)20-15(19)17-13(9-10-14(17)18)11-12-7-5-4-6-8-12/h4-10,13H,11H2,1-3H3/t13-/m0/s1. The van der Waals surface area contributed by atoms with Crippen LogP contribution in [-0.2, 0) is 16.0 Å². The van der Waals surface area contributed by atoms with Gasteiger partial charge in [0, 0.05) is 6.08 Å². The van der Waals surface area contributed by atoms with E-state index in [9.17, 15) is 9.59 Å². The van der Waals surface area contributed by atoms with Gasteiger partial charge in [-0.2, -0.15) is 0 Å². The number of benzene rings is 1. The van der Waals surface area contributed by atoms with Crippen molar-refractivity contribution < 1.29 is 14.3 Å². The molecule has 1 aliphatic heterocycles. The monoisotopic (exact) mass is 273 g/mol. The van der Waals surface area contributed by atoms with Crippen LogP contribution in [-0.4, -0.2) is 28.5 Å². The first kappa shape index (κ1) is 14.3. The summed E-state index contributed by atoms with van der Waals surface area (Å²) in [6, 6.07) is 9.49. The second-order valence-corrected chi connectivity index (χ2v) is 5.80. The van der Waals surface area contributed by atoms with Crippen LogP contribution in [0.4, 0.5) is 4.79 Å². The van der Waals surface area contributed by atoms with E-state index in [-0.39, 0.29) is 11.9 Å². The molecule has 2 amide bonds. The van der Waals surface area contributed by atoms with Crippen LogP contribution >= 0.6 is 0 Å². The Hall–Kier alpha value is -2.10. The highest BCUT2D eigenvalue weighted by Crippen LogP contribution is 2.20. The SMILES string of the molecule is CC(C)(C)OC(=O)N1C(=O)C=C[C@H]1Cc1ccccc1. The van der Waals surface area contributed by atoms with Gasteiger partial charge in [-0.1, -0.05) is 36.4 Å². The molecule has 4 nitrogen and oxygen atoms in total. The molecular weight excluding hydrogens is 254 g/mol. The van der Waals surface area contributed by atoms with Crippen molar-refractivity contribution in [2.24, 2.45) is 0 Å². The van der Waals surface area contributed by atoms with Crippen LogP contribution in [0, 0.1) is 0 Å². The molecule has 1 aromatic carbocycles. The van der Waals surface area contributed by atoms with Gasteiger partial charge in [-0.05, 0) is 32.8 Å². The molecule has 4 heteroatoms. The highest BCUT2D eigenvalue weighted by molar-refractivity contribution is 6.01. The fourth-order valence-electron chi connectivity index (χ4n) is 2.07. The Bertz CT molecular complexity index is 528. The molecule has 0 fully saturated rings. The predicted octanol–water partition coefficient (Wildman–Crippen LogP) is 2.93. The summed E-state index contributed by atoms with van der Waals surface area (Å²) in [6.45, 7) is 5.35. The third-order valence-corrected chi connectivity index (χ3v) is 2.91. The Balaban J connectivity index is 2.10. The van der Waals surface area contributed by atoms with Crippen LogP contribution in [0.5, 0.6) is 0 Å². The molecule has 1 aliphatic rings. The lowest BCUT2D eigenvalue weighted by Gasteiger charge is -2.27. The lowest BCUT2D eigenvalue weighted by molar-refractivity contribution is -0.125. The summed E-state index contributed by atoms with van der Waals surface area (Å²) in [5, 5.41) is 0. The smallest absolute Gasteiger partial charge is 0.417 e. The molecule has 1 atom stereocenters. The molecule has 0 bridgehead atoms. The summed E-state index contributed by atoms with van der Waals surface area (Å²) in [5.74, 6) is -0.319. The Morgan fingerprint density at radius 1 is 1.25 bits per heavy atom. The molecule has 0 aliphatic carbocycles. The molecule has 0 saturated carbocycles. The number of imide groups is 1. The summed E-state index contributed by atoms with van der Waals surface area (Å²) in [7, 11) is 0. The first-order valence-corrected chi connectivity index (χ1v) is 6.65. The summed E-state index contributed by atoms with van der Waals surface area (Å²) in [6.07, 6.45) is 3.19. The lowest BCUT2D eigenvalue weighted by Crippen LogP contribution is -2.43.